The zero-order valence-electron chi connectivity index (χ0n) is 13.7. The van der Waals surface area contributed by atoms with Crippen LogP contribution in [-0.2, 0) is 0 Å². The fourth-order valence-corrected chi connectivity index (χ4v) is 2.28. The van der Waals surface area contributed by atoms with E-state index in [0.29, 0.717) is 5.69 Å². The third-order valence-corrected chi connectivity index (χ3v) is 3.49. The number of hydrogen-bond donors (Lipinski definition) is 3. The highest BCUT2D eigenvalue weighted by Crippen LogP contribution is 2.31. The molecule has 1 heterocycles. The van der Waals surface area contributed by atoms with Gasteiger partial charge >= 0.3 is 0 Å². The summed E-state index contributed by atoms with van der Waals surface area (Å²) in [5.41, 5.74) is 12.3. The second-order valence-corrected chi connectivity index (χ2v) is 5.56. The first kappa shape index (κ1) is 17.4. The molecule has 0 aliphatic rings. The van der Waals surface area contributed by atoms with Crippen molar-refractivity contribution in [3.05, 3.63) is 46.5 Å². The molecule has 6 nitrogen and oxygen atoms in total. The number of anilines is 2. The standard InChI is InChI=1S/C17H19FN4O2/c1-8(2)24-13-7-22-9(3)15(20)14(13)17(23)10-4-5-12(18)16(21)11(10)6-19/h4-8,19H,20-21H2,1-3H3. The number of halogens is 1. The van der Waals surface area contributed by atoms with Gasteiger partial charge in [-0.3, -0.25) is 9.78 Å². The van der Waals surface area contributed by atoms with E-state index in [-0.39, 0.29) is 39.9 Å². The monoisotopic (exact) mass is 330 g/mol. The summed E-state index contributed by atoms with van der Waals surface area (Å²) in [5.74, 6) is -0.960. The maximum Gasteiger partial charge on any atom is 0.199 e. The van der Waals surface area contributed by atoms with Gasteiger partial charge in [-0.2, -0.15) is 0 Å². The summed E-state index contributed by atoms with van der Waals surface area (Å²) in [5, 5.41) is 7.44. The first-order valence-electron chi connectivity index (χ1n) is 7.32. The number of benzene rings is 1. The van der Waals surface area contributed by atoms with Gasteiger partial charge in [0, 0.05) is 17.3 Å². The SMILES string of the molecule is Cc1ncc(OC(C)C)c(C(=O)c2ccc(F)c(N)c2C=N)c1N. The molecule has 7 heteroatoms. The highest BCUT2D eigenvalue weighted by molar-refractivity contribution is 6.18. The number of hydrogen-bond acceptors (Lipinski definition) is 6. The number of nitrogens with zero attached hydrogens (tertiary/aromatic N) is 1. The molecule has 0 saturated carbocycles. The van der Waals surface area contributed by atoms with E-state index in [2.05, 4.69) is 4.98 Å². The summed E-state index contributed by atoms with van der Waals surface area (Å²) < 4.78 is 19.2. The summed E-state index contributed by atoms with van der Waals surface area (Å²) in [6.07, 6.45) is 2.08. The number of pyridine rings is 1. The number of nitrogens with two attached hydrogens (primary N) is 2. The van der Waals surface area contributed by atoms with Crippen molar-refractivity contribution in [2.75, 3.05) is 11.5 Å². The number of ketones is 1. The van der Waals surface area contributed by atoms with Gasteiger partial charge in [-0.15, -0.1) is 0 Å². The maximum atomic E-state index is 13.6. The Bertz CT molecular complexity index is 819. The molecule has 0 bridgehead atoms. The molecule has 1 aromatic heterocycles. The van der Waals surface area contributed by atoms with Crippen LogP contribution in [0.25, 0.3) is 0 Å². The Labute approximate surface area is 139 Å². The molecule has 5 N–H and O–H groups in total. The lowest BCUT2D eigenvalue weighted by atomic mass is 9.95. The Hall–Kier alpha value is -2.96. The normalized spacial score (nSPS) is 10.7. The summed E-state index contributed by atoms with van der Waals surface area (Å²) >= 11 is 0. The van der Waals surface area contributed by atoms with Gasteiger partial charge in [0.25, 0.3) is 0 Å². The molecule has 0 saturated heterocycles. The molecule has 0 amide bonds. The molecule has 0 radical (unpaired) electrons. The average Bonchev–Trinajstić information content (AvgIpc) is 2.52. The lowest BCUT2D eigenvalue weighted by molar-refractivity contribution is 0.103. The number of rotatable bonds is 5. The average molecular weight is 330 g/mol. The topological polar surface area (TPSA) is 115 Å². The van der Waals surface area contributed by atoms with E-state index in [9.17, 15) is 9.18 Å². The van der Waals surface area contributed by atoms with E-state index in [1.165, 1.54) is 12.3 Å². The predicted molar refractivity (Wildman–Crippen MR) is 91.3 cm³/mol. The molecule has 0 aliphatic heterocycles. The lowest BCUT2D eigenvalue weighted by Gasteiger charge is -2.17. The van der Waals surface area contributed by atoms with Gasteiger partial charge in [-0.1, -0.05) is 0 Å². The van der Waals surface area contributed by atoms with E-state index in [1.807, 2.05) is 13.8 Å². The number of carbonyl (C=O) groups is 1. The minimum absolute atomic E-state index is 0.00404. The highest BCUT2D eigenvalue weighted by Gasteiger charge is 2.24. The highest BCUT2D eigenvalue weighted by atomic mass is 19.1. The summed E-state index contributed by atoms with van der Waals surface area (Å²) in [6, 6.07) is 2.37. The smallest absolute Gasteiger partial charge is 0.199 e. The van der Waals surface area contributed by atoms with Crippen LogP contribution in [-0.4, -0.2) is 23.1 Å². The Morgan fingerprint density at radius 3 is 2.58 bits per heavy atom. The van der Waals surface area contributed by atoms with Crippen molar-refractivity contribution in [3.63, 3.8) is 0 Å². The van der Waals surface area contributed by atoms with Crippen molar-refractivity contribution in [1.82, 2.24) is 4.98 Å². The van der Waals surface area contributed by atoms with E-state index in [0.717, 1.165) is 12.3 Å². The minimum Gasteiger partial charge on any atom is -0.489 e. The zero-order valence-corrected chi connectivity index (χ0v) is 13.7. The van der Waals surface area contributed by atoms with Crippen LogP contribution in [0, 0.1) is 18.2 Å². The summed E-state index contributed by atoms with van der Waals surface area (Å²) in [6.45, 7) is 5.29. The van der Waals surface area contributed by atoms with Gasteiger partial charge in [0.2, 0.25) is 0 Å². The molecule has 1 aromatic carbocycles. The minimum atomic E-state index is -0.692. The Morgan fingerprint density at radius 2 is 2.00 bits per heavy atom. The summed E-state index contributed by atoms with van der Waals surface area (Å²) in [4.78, 5) is 17.1. The van der Waals surface area contributed by atoms with Crippen molar-refractivity contribution in [2.24, 2.45) is 0 Å². The molecule has 0 atom stereocenters. The van der Waals surface area contributed by atoms with E-state index < -0.39 is 11.6 Å². The van der Waals surface area contributed by atoms with Crippen LogP contribution in [0.15, 0.2) is 18.3 Å². The number of nitrogen functional groups attached to an aromatic ring is 2. The van der Waals surface area contributed by atoms with Crippen molar-refractivity contribution < 1.29 is 13.9 Å². The van der Waals surface area contributed by atoms with Gasteiger partial charge in [-0.05, 0) is 32.9 Å². The Kier molecular flexibility index (Phi) is 4.82. The van der Waals surface area contributed by atoms with Crippen molar-refractivity contribution in [3.8, 4) is 5.75 Å². The molecule has 0 aliphatic carbocycles. The third kappa shape index (κ3) is 3.05. The zero-order chi connectivity index (χ0) is 18.0. The molecule has 0 unspecified atom stereocenters. The first-order chi connectivity index (χ1) is 11.3. The first-order valence-corrected chi connectivity index (χ1v) is 7.32. The molecular weight excluding hydrogens is 311 g/mol. The van der Waals surface area contributed by atoms with Gasteiger partial charge in [0.05, 0.1) is 34.9 Å². The Morgan fingerprint density at radius 1 is 1.33 bits per heavy atom. The molecule has 24 heavy (non-hydrogen) atoms. The van der Waals surface area contributed by atoms with Gasteiger partial charge in [0.15, 0.2) is 11.5 Å². The quantitative estimate of drug-likeness (QED) is 0.443. The van der Waals surface area contributed by atoms with Crippen molar-refractivity contribution in [2.45, 2.75) is 26.9 Å². The lowest BCUT2D eigenvalue weighted by Crippen LogP contribution is -2.16. The second-order valence-electron chi connectivity index (χ2n) is 5.56. The van der Waals surface area contributed by atoms with E-state index in [4.69, 9.17) is 21.6 Å². The fourth-order valence-electron chi connectivity index (χ4n) is 2.28. The maximum absolute atomic E-state index is 13.6. The molecule has 2 rings (SSSR count). The van der Waals surface area contributed by atoms with Crippen LogP contribution in [0.5, 0.6) is 5.75 Å². The molecule has 2 aromatic rings. The Balaban J connectivity index is 2.69. The van der Waals surface area contributed by atoms with Crippen molar-refractivity contribution in [1.29, 1.82) is 5.41 Å². The van der Waals surface area contributed by atoms with Crippen molar-refractivity contribution >= 4 is 23.4 Å². The largest absolute Gasteiger partial charge is 0.489 e. The van der Waals surface area contributed by atoms with Gasteiger partial charge < -0.3 is 21.6 Å². The number of ether oxygens (including phenoxy) is 1. The van der Waals surface area contributed by atoms with E-state index in [1.54, 1.807) is 6.92 Å². The van der Waals surface area contributed by atoms with Crippen LogP contribution >= 0.6 is 0 Å². The summed E-state index contributed by atoms with van der Waals surface area (Å²) in [7, 11) is 0. The molecule has 0 fully saturated rings. The second kappa shape index (κ2) is 6.66. The third-order valence-electron chi connectivity index (χ3n) is 3.49. The molecular formula is C17H19FN4O2. The van der Waals surface area contributed by atoms with E-state index >= 15 is 0 Å². The van der Waals surface area contributed by atoms with Gasteiger partial charge in [0.1, 0.15) is 5.82 Å². The van der Waals surface area contributed by atoms with Crippen LogP contribution in [0.3, 0.4) is 0 Å². The molecule has 126 valence electrons. The van der Waals surface area contributed by atoms with Crippen LogP contribution < -0.4 is 16.2 Å². The van der Waals surface area contributed by atoms with Crippen LogP contribution in [0.2, 0.25) is 0 Å². The number of nitrogens with one attached hydrogen (secondary N) is 1. The van der Waals surface area contributed by atoms with Crippen LogP contribution in [0.4, 0.5) is 15.8 Å². The van der Waals surface area contributed by atoms with Crippen LogP contribution in [0.1, 0.15) is 41.0 Å². The number of carbonyl (C=O) groups excluding carboxylic acids is 1. The number of aromatic nitrogens is 1. The number of aryl methyl sites for hydroxylation is 1. The fraction of sp³-hybridized carbons (Fsp3) is 0.235. The molecule has 0 spiro atoms. The van der Waals surface area contributed by atoms with Gasteiger partial charge in [-0.25, -0.2) is 4.39 Å². The predicted octanol–water partition coefficient (Wildman–Crippen LogP) is 2.71.